The molecule has 0 fully saturated rings. The van der Waals surface area contributed by atoms with Crippen LogP contribution in [0.1, 0.15) is 103 Å². The van der Waals surface area contributed by atoms with Crippen LogP contribution in [0.2, 0.25) is 0 Å². The SMILES string of the molecule is CCOC(=O)Oc1c(C(C)(C)C)cc(C)c(C)c1-c1c(C)c(C)cc(C(C)(C)C)c1OC(=O)C(C)(C)C. The first-order valence-electron chi connectivity index (χ1n) is 13.1. The number of rotatable bonds is 4. The van der Waals surface area contributed by atoms with E-state index in [2.05, 4.69) is 67.5 Å². The van der Waals surface area contributed by atoms with Crippen molar-refractivity contribution in [1.82, 2.24) is 0 Å². The zero-order valence-corrected chi connectivity index (χ0v) is 25.4. The molecule has 0 heterocycles. The van der Waals surface area contributed by atoms with Crippen LogP contribution in [0, 0.1) is 33.1 Å². The van der Waals surface area contributed by atoms with E-state index in [9.17, 15) is 9.59 Å². The van der Waals surface area contributed by atoms with E-state index in [0.717, 1.165) is 44.5 Å². The summed E-state index contributed by atoms with van der Waals surface area (Å²) < 4.78 is 17.5. The van der Waals surface area contributed by atoms with Crippen LogP contribution in [-0.2, 0) is 20.4 Å². The number of hydrogen-bond donors (Lipinski definition) is 0. The summed E-state index contributed by atoms with van der Waals surface area (Å²) in [4.78, 5) is 26.0. The summed E-state index contributed by atoms with van der Waals surface area (Å²) in [7, 11) is 0. The Balaban J connectivity index is 3.19. The predicted molar refractivity (Wildman–Crippen MR) is 151 cm³/mol. The van der Waals surface area contributed by atoms with Crippen molar-refractivity contribution in [3.63, 3.8) is 0 Å². The number of benzene rings is 2. The van der Waals surface area contributed by atoms with Crippen molar-refractivity contribution in [2.75, 3.05) is 6.61 Å². The monoisotopic (exact) mass is 510 g/mol. The maximum absolute atomic E-state index is 13.3. The lowest BCUT2D eigenvalue weighted by molar-refractivity contribution is -0.143. The summed E-state index contributed by atoms with van der Waals surface area (Å²) in [5.41, 5.74) is 6.02. The molecule has 0 aliphatic heterocycles. The first-order chi connectivity index (χ1) is 16.7. The average Bonchev–Trinajstić information content (AvgIpc) is 2.72. The van der Waals surface area contributed by atoms with Crippen molar-refractivity contribution in [1.29, 1.82) is 0 Å². The Bertz CT molecular complexity index is 1200. The largest absolute Gasteiger partial charge is 0.513 e. The molecule has 0 spiro atoms. The number of esters is 1. The van der Waals surface area contributed by atoms with E-state index in [0.29, 0.717) is 11.5 Å². The maximum Gasteiger partial charge on any atom is 0.513 e. The zero-order chi connectivity index (χ0) is 28.7. The van der Waals surface area contributed by atoms with E-state index in [4.69, 9.17) is 14.2 Å². The summed E-state index contributed by atoms with van der Waals surface area (Å²) in [6.07, 6.45) is -0.757. The van der Waals surface area contributed by atoms with Crippen LogP contribution in [0.15, 0.2) is 12.1 Å². The molecular formula is C32H46O5. The molecule has 0 aliphatic carbocycles. The van der Waals surface area contributed by atoms with Crippen LogP contribution in [0.25, 0.3) is 11.1 Å². The Morgan fingerprint density at radius 3 is 1.38 bits per heavy atom. The smallest absolute Gasteiger partial charge is 0.434 e. The fourth-order valence-electron chi connectivity index (χ4n) is 4.19. The molecular weight excluding hydrogens is 464 g/mol. The average molecular weight is 511 g/mol. The standard InChI is InChI=1S/C32H46O5/c1-15-35-29(34)37-27-23(31(9,10)11)17-19(3)21(5)25(27)24-20(4)18(2)16-22(30(6,7)8)26(24)36-28(33)32(12,13)14/h16-17H,15H2,1-14H3. The molecule has 0 N–H and O–H groups in total. The van der Waals surface area contributed by atoms with Gasteiger partial charge in [-0.2, -0.15) is 0 Å². The van der Waals surface area contributed by atoms with Crippen LogP contribution in [0.5, 0.6) is 11.5 Å². The second kappa shape index (κ2) is 10.5. The second-order valence-electron chi connectivity index (χ2n) is 13.1. The van der Waals surface area contributed by atoms with Gasteiger partial charge in [0.1, 0.15) is 11.5 Å². The van der Waals surface area contributed by atoms with Crippen molar-refractivity contribution >= 4 is 12.1 Å². The van der Waals surface area contributed by atoms with Crippen molar-refractivity contribution in [2.24, 2.45) is 5.41 Å². The highest BCUT2D eigenvalue weighted by molar-refractivity contribution is 5.90. The molecule has 204 valence electrons. The van der Waals surface area contributed by atoms with Gasteiger partial charge in [-0.25, -0.2) is 4.79 Å². The minimum atomic E-state index is -0.757. The molecule has 2 aromatic carbocycles. The van der Waals surface area contributed by atoms with Crippen molar-refractivity contribution in [2.45, 2.75) is 108 Å². The third-order valence-corrected chi connectivity index (χ3v) is 6.72. The molecule has 0 bridgehead atoms. The van der Waals surface area contributed by atoms with Gasteiger partial charge in [0, 0.05) is 22.3 Å². The molecule has 0 unspecified atom stereocenters. The Morgan fingerprint density at radius 2 is 1.05 bits per heavy atom. The third kappa shape index (κ3) is 6.55. The van der Waals surface area contributed by atoms with Gasteiger partial charge in [0.05, 0.1) is 12.0 Å². The van der Waals surface area contributed by atoms with E-state index in [1.807, 2.05) is 34.6 Å². The second-order valence-corrected chi connectivity index (χ2v) is 13.1. The summed E-state index contributed by atoms with van der Waals surface area (Å²) in [5.74, 6) is 0.630. The van der Waals surface area contributed by atoms with E-state index in [1.165, 1.54) is 0 Å². The summed E-state index contributed by atoms with van der Waals surface area (Å²) in [5, 5.41) is 0. The van der Waals surface area contributed by atoms with Crippen LogP contribution >= 0.6 is 0 Å². The van der Waals surface area contributed by atoms with E-state index < -0.39 is 11.6 Å². The number of hydrogen-bond acceptors (Lipinski definition) is 5. The van der Waals surface area contributed by atoms with Gasteiger partial charge in [-0.15, -0.1) is 0 Å². The zero-order valence-electron chi connectivity index (χ0n) is 25.4. The summed E-state index contributed by atoms with van der Waals surface area (Å²) in [6, 6.07) is 4.18. The highest BCUT2D eigenvalue weighted by Crippen LogP contribution is 2.50. The van der Waals surface area contributed by atoms with Gasteiger partial charge in [-0.1, -0.05) is 53.7 Å². The minimum Gasteiger partial charge on any atom is -0.434 e. The minimum absolute atomic E-state index is 0.204. The van der Waals surface area contributed by atoms with Crippen LogP contribution < -0.4 is 9.47 Å². The van der Waals surface area contributed by atoms with Gasteiger partial charge in [0.2, 0.25) is 0 Å². The van der Waals surface area contributed by atoms with Crippen LogP contribution in [-0.4, -0.2) is 18.7 Å². The van der Waals surface area contributed by atoms with Crippen LogP contribution in [0.4, 0.5) is 4.79 Å². The quantitative estimate of drug-likeness (QED) is 0.234. The molecule has 0 saturated carbocycles. The highest BCUT2D eigenvalue weighted by Gasteiger charge is 2.34. The van der Waals surface area contributed by atoms with Crippen molar-refractivity contribution < 1.29 is 23.8 Å². The Labute approximate surface area is 223 Å². The molecule has 5 nitrogen and oxygen atoms in total. The van der Waals surface area contributed by atoms with E-state index >= 15 is 0 Å². The van der Waals surface area contributed by atoms with Crippen molar-refractivity contribution in [3.8, 4) is 22.6 Å². The maximum atomic E-state index is 13.3. The fourth-order valence-corrected chi connectivity index (χ4v) is 4.19. The van der Waals surface area contributed by atoms with Crippen molar-refractivity contribution in [3.05, 3.63) is 45.5 Å². The van der Waals surface area contributed by atoms with Gasteiger partial charge in [0.25, 0.3) is 0 Å². The lowest BCUT2D eigenvalue weighted by Gasteiger charge is -2.31. The first-order valence-corrected chi connectivity index (χ1v) is 13.1. The molecule has 5 heteroatoms. The molecule has 0 aliphatic rings. The lowest BCUT2D eigenvalue weighted by atomic mass is 9.77. The lowest BCUT2D eigenvalue weighted by Crippen LogP contribution is -2.28. The molecule has 2 rings (SSSR count). The predicted octanol–water partition coefficient (Wildman–Crippen LogP) is 8.67. The topological polar surface area (TPSA) is 61.8 Å². The number of carbonyl (C=O) groups is 2. The highest BCUT2D eigenvalue weighted by atomic mass is 16.7. The van der Waals surface area contributed by atoms with Gasteiger partial charge in [-0.05, 0) is 88.5 Å². The Morgan fingerprint density at radius 1 is 0.676 bits per heavy atom. The van der Waals surface area contributed by atoms with Gasteiger partial charge in [-0.3, -0.25) is 4.79 Å². The summed E-state index contributed by atoms with van der Waals surface area (Å²) >= 11 is 0. The van der Waals surface area contributed by atoms with Gasteiger partial charge >= 0.3 is 12.1 Å². The van der Waals surface area contributed by atoms with Gasteiger partial charge < -0.3 is 14.2 Å². The molecule has 2 aromatic rings. The third-order valence-electron chi connectivity index (χ3n) is 6.72. The Kier molecular flexibility index (Phi) is 8.64. The normalized spacial score (nSPS) is 12.4. The first kappa shape index (κ1) is 30.4. The van der Waals surface area contributed by atoms with E-state index in [-0.39, 0.29) is 23.4 Å². The molecule has 0 aromatic heterocycles. The number of carbonyl (C=O) groups excluding carboxylic acids is 2. The number of aryl methyl sites for hydroxylation is 2. The fraction of sp³-hybridized carbons (Fsp3) is 0.562. The van der Waals surface area contributed by atoms with Crippen LogP contribution in [0.3, 0.4) is 0 Å². The molecule has 0 radical (unpaired) electrons. The Hall–Kier alpha value is -2.82. The van der Waals surface area contributed by atoms with E-state index in [1.54, 1.807) is 6.92 Å². The summed E-state index contributed by atoms with van der Waals surface area (Å²) in [6.45, 7) is 28.2. The molecule has 0 atom stereocenters. The molecule has 0 amide bonds. The number of ether oxygens (including phenoxy) is 3. The molecule has 0 saturated heterocycles. The molecule has 37 heavy (non-hydrogen) atoms. The van der Waals surface area contributed by atoms with Gasteiger partial charge in [0.15, 0.2) is 0 Å².